The van der Waals surface area contributed by atoms with E-state index in [1.165, 1.54) is 6.07 Å². The molecule has 1 saturated heterocycles. The zero-order valence-corrected chi connectivity index (χ0v) is 17.6. The highest BCUT2D eigenvalue weighted by Gasteiger charge is 2.32. The number of nitrogens with zero attached hydrogens (tertiary/aromatic N) is 1. The second-order valence-electron chi connectivity index (χ2n) is 7.69. The average Bonchev–Trinajstić information content (AvgIpc) is 2.65. The first-order valence-electron chi connectivity index (χ1n) is 9.59. The Balaban J connectivity index is 0.000000553. The third-order valence-corrected chi connectivity index (χ3v) is 3.92. The Morgan fingerprint density at radius 3 is 2.30 bits per heavy atom. The molecule has 0 amide bonds. The SMILES string of the molecule is CC(C)(C)OC=O.NCCOC(=O)c1cc(CN2CCNCC2)cc(C(F)(F)F)c1. The van der Waals surface area contributed by atoms with Crippen molar-refractivity contribution >= 4 is 12.4 Å². The summed E-state index contributed by atoms with van der Waals surface area (Å²) in [6.45, 7) is 9.48. The van der Waals surface area contributed by atoms with Gasteiger partial charge in [0, 0.05) is 39.3 Å². The first kappa shape index (κ1) is 25.9. The van der Waals surface area contributed by atoms with Crippen molar-refractivity contribution < 1.29 is 32.2 Å². The molecule has 170 valence electrons. The summed E-state index contributed by atoms with van der Waals surface area (Å²) in [5.74, 6) is -0.789. The summed E-state index contributed by atoms with van der Waals surface area (Å²) < 4.78 is 48.5. The summed E-state index contributed by atoms with van der Waals surface area (Å²) in [4.78, 5) is 23.5. The largest absolute Gasteiger partial charge is 0.462 e. The van der Waals surface area contributed by atoms with Crippen molar-refractivity contribution in [3.8, 4) is 0 Å². The molecule has 10 heteroatoms. The van der Waals surface area contributed by atoms with Crippen LogP contribution in [0.3, 0.4) is 0 Å². The van der Waals surface area contributed by atoms with Crippen LogP contribution in [0.15, 0.2) is 18.2 Å². The highest BCUT2D eigenvalue weighted by atomic mass is 19.4. The number of nitrogens with two attached hydrogens (primary N) is 1. The maximum Gasteiger partial charge on any atom is 0.416 e. The molecule has 0 radical (unpaired) electrons. The van der Waals surface area contributed by atoms with E-state index in [1.807, 2.05) is 25.7 Å². The lowest BCUT2D eigenvalue weighted by atomic mass is 10.0. The van der Waals surface area contributed by atoms with Gasteiger partial charge in [0.2, 0.25) is 0 Å². The number of hydrogen-bond donors (Lipinski definition) is 2. The van der Waals surface area contributed by atoms with E-state index in [0.717, 1.165) is 38.3 Å². The van der Waals surface area contributed by atoms with Crippen molar-refractivity contribution in [2.45, 2.75) is 39.1 Å². The van der Waals surface area contributed by atoms with Crippen molar-refractivity contribution in [1.29, 1.82) is 0 Å². The van der Waals surface area contributed by atoms with Gasteiger partial charge in [0.15, 0.2) is 0 Å². The molecule has 1 fully saturated rings. The van der Waals surface area contributed by atoms with E-state index in [0.29, 0.717) is 18.6 Å². The minimum absolute atomic E-state index is 0.0256. The standard InChI is InChI=1S/C15H20F3N3O2.C5H10O2/c16-15(17,18)13-8-11(10-21-4-2-20-3-5-21)7-12(9-13)14(22)23-6-1-19;1-5(2,3)7-4-6/h7-9,20H,1-6,10,19H2;4H,1-3H3. The maximum absolute atomic E-state index is 13.0. The highest BCUT2D eigenvalue weighted by molar-refractivity contribution is 5.90. The molecule has 1 aliphatic rings. The van der Waals surface area contributed by atoms with E-state index >= 15 is 0 Å². The van der Waals surface area contributed by atoms with Gasteiger partial charge in [0.05, 0.1) is 11.1 Å². The smallest absolute Gasteiger partial charge is 0.416 e. The number of piperazine rings is 1. The third kappa shape index (κ3) is 10.0. The van der Waals surface area contributed by atoms with E-state index in [4.69, 9.17) is 10.5 Å². The molecule has 2 rings (SSSR count). The molecule has 0 atom stereocenters. The Bertz CT molecular complexity index is 685. The highest BCUT2D eigenvalue weighted by Crippen LogP contribution is 2.31. The molecule has 30 heavy (non-hydrogen) atoms. The van der Waals surface area contributed by atoms with Crippen LogP contribution in [0.5, 0.6) is 0 Å². The van der Waals surface area contributed by atoms with E-state index in [1.54, 1.807) is 0 Å². The molecule has 0 spiro atoms. The molecule has 0 saturated carbocycles. The van der Waals surface area contributed by atoms with Crippen molar-refractivity contribution in [2.75, 3.05) is 39.3 Å². The van der Waals surface area contributed by atoms with Crippen molar-refractivity contribution in [3.63, 3.8) is 0 Å². The zero-order valence-electron chi connectivity index (χ0n) is 17.6. The van der Waals surface area contributed by atoms with Crippen LogP contribution < -0.4 is 11.1 Å². The molecule has 3 N–H and O–H groups in total. The number of nitrogens with one attached hydrogen (secondary N) is 1. The quantitative estimate of drug-likeness (QED) is 0.525. The number of rotatable bonds is 6. The normalized spacial score (nSPS) is 15.0. The Labute approximate surface area is 174 Å². The van der Waals surface area contributed by atoms with Crippen molar-refractivity contribution in [3.05, 3.63) is 34.9 Å². The van der Waals surface area contributed by atoms with Gasteiger partial charge in [-0.15, -0.1) is 0 Å². The molecule has 0 unspecified atom stereocenters. The fourth-order valence-corrected chi connectivity index (χ4v) is 2.57. The second-order valence-corrected chi connectivity index (χ2v) is 7.69. The predicted octanol–water partition coefficient (Wildman–Crippen LogP) is 2.18. The number of carbonyl (C=O) groups is 2. The van der Waals surface area contributed by atoms with E-state index in [-0.39, 0.29) is 24.3 Å². The van der Waals surface area contributed by atoms with Crippen LogP contribution in [0.2, 0.25) is 0 Å². The van der Waals surface area contributed by atoms with E-state index in [2.05, 4.69) is 10.1 Å². The fraction of sp³-hybridized carbons (Fsp3) is 0.600. The average molecular weight is 433 g/mol. The monoisotopic (exact) mass is 433 g/mol. The second kappa shape index (κ2) is 11.9. The first-order valence-corrected chi connectivity index (χ1v) is 9.59. The van der Waals surface area contributed by atoms with Crippen LogP contribution in [0.4, 0.5) is 13.2 Å². The molecule has 1 aromatic rings. The van der Waals surface area contributed by atoms with Crippen LogP contribution >= 0.6 is 0 Å². The van der Waals surface area contributed by atoms with Crippen LogP contribution in [0, 0.1) is 0 Å². The molecule has 0 aromatic heterocycles. The third-order valence-electron chi connectivity index (χ3n) is 3.92. The molecule has 1 aliphatic heterocycles. The van der Waals surface area contributed by atoms with E-state index < -0.39 is 17.7 Å². The summed E-state index contributed by atoms with van der Waals surface area (Å²) in [5, 5.41) is 3.18. The Morgan fingerprint density at radius 1 is 1.20 bits per heavy atom. The summed E-state index contributed by atoms with van der Waals surface area (Å²) >= 11 is 0. The number of benzene rings is 1. The van der Waals surface area contributed by atoms with Gasteiger partial charge >= 0.3 is 12.1 Å². The van der Waals surface area contributed by atoms with Gasteiger partial charge in [-0.1, -0.05) is 0 Å². The molecule has 0 aliphatic carbocycles. The lowest BCUT2D eigenvalue weighted by Gasteiger charge is -2.27. The number of alkyl halides is 3. The lowest BCUT2D eigenvalue weighted by Crippen LogP contribution is -2.42. The van der Waals surface area contributed by atoms with Crippen LogP contribution in [-0.2, 0) is 27.0 Å². The van der Waals surface area contributed by atoms with Gasteiger partial charge in [0.1, 0.15) is 12.2 Å². The number of halogens is 3. The number of esters is 1. The van der Waals surface area contributed by atoms with Crippen LogP contribution in [-0.4, -0.2) is 62.3 Å². The minimum Gasteiger partial charge on any atom is -0.462 e. The molecule has 1 aromatic carbocycles. The number of carbonyl (C=O) groups excluding carboxylic acids is 2. The molecule has 1 heterocycles. The van der Waals surface area contributed by atoms with Crippen LogP contribution in [0.1, 0.15) is 42.3 Å². The summed E-state index contributed by atoms with van der Waals surface area (Å²) in [6, 6.07) is 3.36. The fourth-order valence-electron chi connectivity index (χ4n) is 2.57. The molecular weight excluding hydrogens is 403 g/mol. The van der Waals surface area contributed by atoms with Crippen molar-refractivity contribution in [1.82, 2.24) is 10.2 Å². The van der Waals surface area contributed by atoms with Gasteiger partial charge in [-0.05, 0) is 44.5 Å². The first-order chi connectivity index (χ1) is 14.0. The molecule has 7 nitrogen and oxygen atoms in total. The molecular formula is C20H30F3N3O4. The molecule has 0 bridgehead atoms. The Hall–Kier alpha value is -2.17. The number of ether oxygens (including phenoxy) is 2. The Morgan fingerprint density at radius 2 is 1.83 bits per heavy atom. The van der Waals surface area contributed by atoms with Gasteiger partial charge in [-0.3, -0.25) is 9.69 Å². The van der Waals surface area contributed by atoms with Gasteiger partial charge in [-0.2, -0.15) is 13.2 Å². The van der Waals surface area contributed by atoms with Gasteiger partial charge in [-0.25, -0.2) is 4.79 Å². The number of hydrogen-bond acceptors (Lipinski definition) is 7. The topological polar surface area (TPSA) is 93.9 Å². The van der Waals surface area contributed by atoms with Crippen molar-refractivity contribution in [2.24, 2.45) is 5.73 Å². The summed E-state index contributed by atoms with van der Waals surface area (Å²) in [5.41, 5.74) is 4.42. The lowest BCUT2D eigenvalue weighted by molar-refractivity contribution is -0.139. The van der Waals surface area contributed by atoms with Gasteiger partial charge in [0.25, 0.3) is 6.47 Å². The van der Waals surface area contributed by atoms with Gasteiger partial charge < -0.3 is 20.5 Å². The Kier molecular flexibility index (Phi) is 10.2. The predicted molar refractivity (Wildman–Crippen MR) is 106 cm³/mol. The maximum atomic E-state index is 13.0. The summed E-state index contributed by atoms with van der Waals surface area (Å²) in [6.07, 6.45) is -4.51. The minimum atomic E-state index is -4.51. The van der Waals surface area contributed by atoms with Crippen LogP contribution in [0.25, 0.3) is 0 Å². The summed E-state index contributed by atoms with van der Waals surface area (Å²) in [7, 11) is 0. The van der Waals surface area contributed by atoms with E-state index in [9.17, 15) is 22.8 Å². The zero-order chi connectivity index (χ0) is 22.8.